The topological polar surface area (TPSA) is 68.0 Å². The van der Waals surface area contributed by atoms with Crippen molar-refractivity contribution < 1.29 is 4.79 Å². The van der Waals surface area contributed by atoms with Crippen LogP contribution in [-0.4, -0.2) is 10.9 Å². The molecule has 17 heavy (non-hydrogen) atoms. The van der Waals surface area contributed by atoms with Crippen LogP contribution in [0, 0.1) is 0 Å². The molecule has 0 aliphatic carbocycles. The second-order valence-corrected chi connectivity index (χ2v) is 3.84. The number of halogens is 1. The summed E-state index contributed by atoms with van der Waals surface area (Å²) in [6.07, 6.45) is 1.60. The number of benzene rings is 1. The molecule has 2 rings (SSSR count). The number of pyridine rings is 1. The molecule has 2 aromatic rings. The summed E-state index contributed by atoms with van der Waals surface area (Å²) in [6.45, 7) is 0. The SMILES string of the molecule is Nc1cc(Cl)ccc1C(=O)Nc1ccccn1. The highest BCUT2D eigenvalue weighted by molar-refractivity contribution is 6.31. The first-order valence-electron chi connectivity index (χ1n) is 4.94. The quantitative estimate of drug-likeness (QED) is 0.802. The minimum absolute atomic E-state index is 0.308. The molecule has 1 aromatic carbocycles. The number of rotatable bonds is 2. The Morgan fingerprint density at radius 1 is 1.29 bits per heavy atom. The number of carbonyl (C=O) groups is 1. The second-order valence-electron chi connectivity index (χ2n) is 3.40. The van der Waals surface area contributed by atoms with E-state index in [-0.39, 0.29) is 5.91 Å². The van der Waals surface area contributed by atoms with Gasteiger partial charge in [-0.15, -0.1) is 0 Å². The van der Waals surface area contributed by atoms with Crippen molar-refractivity contribution >= 4 is 29.0 Å². The van der Waals surface area contributed by atoms with Gasteiger partial charge in [-0.1, -0.05) is 17.7 Å². The molecule has 4 nitrogen and oxygen atoms in total. The molecule has 1 amide bonds. The van der Waals surface area contributed by atoms with Crippen molar-refractivity contribution in [2.24, 2.45) is 0 Å². The lowest BCUT2D eigenvalue weighted by molar-refractivity contribution is 0.102. The molecule has 1 aromatic heterocycles. The Morgan fingerprint density at radius 2 is 2.12 bits per heavy atom. The van der Waals surface area contributed by atoms with Gasteiger partial charge in [0.25, 0.3) is 5.91 Å². The molecule has 5 heteroatoms. The maximum atomic E-state index is 11.9. The van der Waals surface area contributed by atoms with Gasteiger partial charge in [-0.05, 0) is 30.3 Å². The Kier molecular flexibility index (Phi) is 3.25. The molecule has 1 heterocycles. The lowest BCUT2D eigenvalue weighted by Crippen LogP contribution is -2.14. The zero-order valence-corrected chi connectivity index (χ0v) is 9.61. The molecule has 0 bridgehead atoms. The summed E-state index contributed by atoms with van der Waals surface area (Å²) in [5, 5.41) is 3.14. The number of anilines is 2. The zero-order chi connectivity index (χ0) is 12.3. The molecule has 0 aliphatic rings. The highest BCUT2D eigenvalue weighted by Crippen LogP contribution is 2.18. The van der Waals surface area contributed by atoms with Crippen molar-refractivity contribution in [2.45, 2.75) is 0 Å². The van der Waals surface area contributed by atoms with Crippen molar-refractivity contribution in [1.29, 1.82) is 0 Å². The molecule has 0 radical (unpaired) electrons. The van der Waals surface area contributed by atoms with E-state index >= 15 is 0 Å². The maximum absolute atomic E-state index is 11.9. The van der Waals surface area contributed by atoms with Gasteiger partial charge in [0.05, 0.1) is 5.56 Å². The molecule has 0 aliphatic heterocycles. The van der Waals surface area contributed by atoms with E-state index in [1.54, 1.807) is 36.5 Å². The fraction of sp³-hybridized carbons (Fsp3) is 0. The van der Waals surface area contributed by atoms with Gasteiger partial charge >= 0.3 is 0 Å². The van der Waals surface area contributed by atoms with Crippen LogP contribution in [-0.2, 0) is 0 Å². The summed E-state index contributed by atoms with van der Waals surface area (Å²) in [5.74, 6) is 0.171. The molecule has 0 unspecified atom stereocenters. The van der Waals surface area contributed by atoms with E-state index in [0.29, 0.717) is 22.1 Å². The number of hydrogen-bond donors (Lipinski definition) is 2. The van der Waals surface area contributed by atoms with Gasteiger partial charge in [-0.25, -0.2) is 4.98 Å². The van der Waals surface area contributed by atoms with Crippen molar-refractivity contribution in [3.8, 4) is 0 Å². The summed E-state index contributed by atoms with van der Waals surface area (Å²) in [4.78, 5) is 15.9. The lowest BCUT2D eigenvalue weighted by atomic mass is 10.1. The smallest absolute Gasteiger partial charge is 0.258 e. The van der Waals surface area contributed by atoms with E-state index in [4.69, 9.17) is 17.3 Å². The first kappa shape index (κ1) is 11.4. The number of nitrogens with one attached hydrogen (secondary N) is 1. The molecular formula is C12H10ClN3O. The fourth-order valence-corrected chi connectivity index (χ4v) is 1.54. The third-order valence-corrected chi connectivity index (χ3v) is 2.40. The van der Waals surface area contributed by atoms with Gasteiger partial charge in [-0.3, -0.25) is 4.79 Å². The van der Waals surface area contributed by atoms with E-state index < -0.39 is 0 Å². The average Bonchev–Trinajstić information content (AvgIpc) is 2.30. The largest absolute Gasteiger partial charge is 0.398 e. The van der Waals surface area contributed by atoms with Crippen molar-refractivity contribution in [3.63, 3.8) is 0 Å². The van der Waals surface area contributed by atoms with Gasteiger partial charge in [-0.2, -0.15) is 0 Å². The van der Waals surface area contributed by atoms with E-state index in [1.807, 2.05) is 0 Å². The summed E-state index contributed by atoms with van der Waals surface area (Å²) < 4.78 is 0. The molecule has 0 fully saturated rings. The number of nitrogen functional groups attached to an aromatic ring is 1. The minimum atomic E-state index is -0.308. The number of nitrogens with two attached hydrogens (primary N) is 1. The van der Waals surface area contributed by atoms with Crippen LogP contribution in [0.4, 0.5) is 11.5 Å². The molecule has 0 saturated heterocycles. The number of nitrogens with zero attached hydrogens (tertiary/aromatic N) is 1. The Morgan fingerprint density at radius 3 is 2.76 bits per heavy atom. The van der Waals surface area contributed by atoms with Crippen LogP contribution in [0.2, 0.25) is 5.02 Å². The summed E-state index contributed by atoms with van der Waals surface area (Å²) in [5.41, 5.74) is 6.42. The summed E-state index contributed by atoms with van der Waals surface area (Å²) >= 11 is 5.76. The van der Waals surface area contributed by atoms with Gasteiger partial charge in [0.1, 0.15) is 5.82 Å². The fourth-order valence-electron chi connectivity index (χ4n) is 1.36. The predicted octanol–water partition coefficient (Wildman–Crippen LogP) is 2.57. The van der Waals surface area contributed by atoms with Crippen LogP contribution in [0.5, 0.6) is 0 Å². The molecule has 0 atom stereocenters. The van der Waals surface area contributed by atoms with E-state index in [1.165, 1.54) is 6.07 Å². The summed E-state index contributed by atoms with van der Waals surface area (Å²) in [6, 6.07) is 9.99. The number of carbonyl (C=O) groups excluding carboxylic acids is 1. The lowest BCUT2D eigenvalue weighted by Gasteiger charge is -2.06. The van der Waals surface area contributed by atoms with Gasteiger partial charge in [0.15, 0.2) is 0 Å². The molecule has 3 N–H and O–H groups in total. The third kappa shape index (κ3) is 2.73. The first-order chi connectivity index (χ1) is 8.16. The van der Waals surface area contributed by atoms with Crippen LogP contribution < -0.4 is 11.1 Å². The molecule has 0 spiro atoms. The van der Waals surface area contributed by atoms with E-state index in [9.17, 15) is 4.79 Å². The van der Waals surface area contributed by atoms with Crippen LogP contribution in [0.1, 0.15) is 10.4 Å². The van der Waals surface area contributed by atoms with Crippen molar-refractivity contribution in [1.82, 2.24) is 4.98 Å². The van der Waals surface area contributed by atoms with Crippen molar-refractivity contribution in [2.75, 3.05) is 11.1 Å². The monoisotopic (exact) mass is 247 g/mol. The van der Waals surface area contributed by atoms with E-state index in [0.717, 1.165) is 0 Å². The molecule has 0 saturated carbocycles. The van der Waals surface area contributed by atoms with Crippen LogP contribution >= 0.6 is 11.6 Å². The van der Waals surface area contributed by atoms with Crippen LogP contribution in [0.25, 0.3) is 0 Å². The Labute approximate surface area is 103 Å². The van der Waals surface area contributed by atoms with Gasteiger partial charge in [0.2, 0.25) is 0 Å². The average molecular weight is 248 g/mol. The minimum Gasteiger partial charge on any atom is -0.398 e. The van der Waals surface area contributed by atoms with Gasteiger partial charge < -0.3 is 11.1 Å². The van der Waals surface area contributed by atoms with Crippen molar-refractivity contribution in [3.05, 3.63) is 53.2 Å². The number of hydrogen-bond acceptors (Lipinski definition) is 3. The highest BCUT2D eigenvalue weighted by Gasteiger charge is 2.10. The van der Waals surface area contributed by atoms with Gasteiger partial charge in [0, 0.05) is 16.9 Å². The number of aromatic nitrogens is 1. The highest BCUT2D eigenvalue weighted by atomic mass is 35.5. The Balaban J connectivity index is 2.21. The predicted molar refractivity (Wildman–Crippen MR) is 68.1 cm³/mol. The van der Waals surface area contributed by atoms with Crippen LogP contribution in [0.15, 0.2) is 42.6 Å². The number of amides is 1. The summed E-state index contributed by atoms with van der Waals surface area (Å²) in [7, 11) is 0. The Hall–Kier alpha value is -2.07. The second kappa shape index (κ2) is 4.84. The van der Waals surface area contributed by atoms with E-state index in [2.05, 4.69) is 10.3 Å². The van der Waals surface area contributed by atoms with Crippen LogP contribution in [0.3, 0.4) is 0 Å². The standard InChI is InChI=1S/C12H10ClN3O/c13-8-4-5-9(10(14)7-8)12(17)16-11-3-1-2-6-15-11/h1-7H,14H2,(H,15,16,17). The normalized spacial score (nSPS) is 9.94. The first-order valence-corrected chi connectivity index (χ1v) is 5.32. The Bertz CT molecular complexity index is 543. The maximum Gasteiger partial charge on any atom is 0.258 e. The molecular weight excluding hydrogens is 238 g/mol. The zero-order valence-electron chi connectivity index (χ0n) is 8.85. The third-order valence-electron chi connectivity index (χ3n) is 2.16. The molecule has 86 valence electrons.